The van der Waals surface area contributed by atoms with Crippen molar-refractivity contribution in [2.75, 3.05) is 6.61 Å². The summed E-state index contributed by atoms with van der Waals surface area (Å²) in [6.45, 7) is 4.48. The van der Waals surface area contributed by atoms with Crippen molar-refractivity contribution in [1.29, 1.82) is 0 Å². The molecule has 0 aromatic heterocycles. The number of aliphatic hydroxyl groups is 2. The van der Waals surface area contributed by atoms with E-state index in [2.05, 4.69) is 18.8 Å². The lowest BCUT2D eigenvalue weighted by atomic mass is 9.44. The maximum absolute atomic E-state index is 11.9. The summed E-state index contributed by atoms with van der Waals surface area (Å²) in [6, 6.07) is 0. The standard InChI is InChI=1S/C25H32O5/c1-3-29-19(27)6-9-24-18-11-15(18)21-20-14-10-17(14)23(28)12-13(26)4-7-22(23,2)16(20)5-8-25(21,24)30-24/h13-18,20-21,26,28H,3-5,7-8,10-12H2,1-2H3/t13-,14-,15+,16?,17+,18-,20?,21?,22+,23+,24-,25+/m0/s1. The molecule has 1 aliphatic heterocycles. The van der Waals surface area contributed by atoms with Gasteiger partial charge in [0.2, 0.25) is 0 Å². The minimum absolute atomic E-state index is 0.0999. The number of aliphatic hydroxyl groups excluding tert-OH is 1. The molecule has 0 radical (unpaired) electrons. The number of epoxide rings is 1. The number of ether oxygens (including phenoxy) is 2. The molecule has 1 heterocycles. The Morgan fingerprint density at radius 3 is 2.77 bits per heavy atom. The number of esters is 1. The highest BCUT2D eigenvalue weighted by Gasteiger charge is 2.91. The monoisotopic (exact) mass is 412 g/mol. The molecule has 6 aliphatic carbocycles. The predicted octanol–water partition coefficient (Wildman–Crippen LogP) is 2.28. The number of hydrogen-bond acceptors (Lipinski definition) is 5. The molecule has 5 nitrogen and oxygen atoms in total. The Morgan fingerprint density at radius 2 is 1.97 bits per heavy atom. The summed E-state index contributed by atoms with van der Waals surface area (Å²) in [5.74, 6) is 9.28. The van der Waals surface area contributed by atoms with Gasteiger partial charge in [0, 0.05) is 18.3 Å². The summed E-state index contributed by atoms with van der Waals surface area (Å²) in [4.78, 5) is 11.9. The van der Waals surface area contributed by atoms with Crippen molar-refractivity contribution in [3.63, 3.8) is 0 Å². The first-order valence-corrected chi connectivity index (χ1v) is 12.1. The van der Waals surface area contributed by atoms with Gasteiger partial charge in [0.25, 0.3) is 0 Å². The molecule has 0 amide bonds. The van der Waals surface area contributed by atoms with Crippen LogP contribution < -0.4 is 0 Å². The zero-order chi connectivity index (χ0) is 20.7. The summed E-state index contributed by atoms with van der Waals surface area (Å²) in [7, 11) is 0. The van der Waals surface area contributed by atoms with Gasteiger partial charge in [-0.2, -0.15) is 0 Å². The van der Waals surface area contributed by atoms with Crippen molar-refractivity contribution in [3.05, 3.63) is 0 Å². The molecule has 7 rings (SSSR count). The largest absolute Gasteiger partial charge is 0.456 e. The Hall–Kier alpha value is -1.09. The van der Waals surface area contributed by atoms with Gasteiger partial charge in [0.15, 0.2) is 5.60 Å². The second-order valence-electron chi connectivity index (χ2n) is 11.7. The highest BCUT2D eigenvalue weighted by atomic mass is 16.6. The van der Waals surface area contributed by atoms with Crippen molar-refractivity contribution in [1.82, 2.24) is 0 Å². The van der Waals surface area contributed by atoms with E-state index in [1.165, 1.54) is 6.42 Å². The smallest absolute Gasteiger partial charge is 0.384 e. The molecule has 162 valence electrons. The van der Waals surface area contributed by atoms with Crippen LogP contribution in [0.5, 0.6) is 0 Å². The van der Waals surface area contributed by atoms with Gasteiger partial charge in [-0.25, -0.2) is 4.79 Å². The SMILES string of the molecule is CCOC(=O)C#C[C@@]12O[C@@]13CCC1C(C3[C@@H]3C[C@@H]32)[C@H]2C[C@H]2[C@]2(O)C[C@@H](O)CC[C@]12C. The van der Waals surface area contributed by atoms with E-state index in [4.69, 9.17) is 9.47 Å². The van der Waals surface area contributed by atoms with Crippen LogP contribution in [0.25, 0.3) is 0 Å². The average molecular weight is 413 g/mol. The summed E-state index contributed by atoms with van der Waals surface area (Å²) < 4.78 is 11.6. The fourth-order valence-corrected chi connectivity index (χ4v) is 9.69. The number of carbonyl (C=O) groups excluding carboxylic acids is 1. The Morgan fingerprint density at radius 1 is 1.17 bits per heavy atom. The third kappa shape index (κ3) is 1.85. The van der Waals surface area contributed by atoms with E-state index in [-0.39, 0.29) is 17.1 Å². The van der Waals surface area contributed by atoms with Crippen LogP contribution in [-0.2, 0) is 14.3 Å². The van der Waals surface area contributed by atoms with Gasteiger partial charge in [0.1, 0.15) is 5.60 Å². The van der Waals surface area contributed by atoms with E-state index in [1.807, 2.05) is 0 Å². The first-order chi connectivity index (χ1) is 14.3. The van der Waals surface area contributed by atoms with E-state index in [0.29, 0.717) is 54.5 Å². The molecular formula is C25H32O5. The van der Waals surface area contributed by atoms with Gasteiger partial charge in [-0.1, -0.05) is 12.8 Å². The molecule has 1 spiro atoms. The number of fused-ring (bicyclic) bond motifs is 10. The average Bonchev–Trinajstić information content (AvgIpc) is 3.59. The van der Waals surface area contributed by atoms with E-state index >= 15 is 0 Å². The quantitative estimate of drug-likeness (QED) is 0.299. The molecule has 2 N–H and O–H groups in total. The Balaban J connectivity index is 1.24. The van der Waals surface area contributed by atoms with Crippen molar-refractivity contribution in [2.45, 2.75) is 81.7 Å². The Kier molecular flexibility index (Phi) is 3.25. The van der Waals surface area contributed by atoms with Gasteiger partial charge in [-0.3, -0.25) is 0 Å². The lowest BCUT2D eigenvalue weighted by Gasteiger charge is -2.62. The molecule has 0 aromatic carbocycles. The normalized spacial score (nSPS) is 62.8. The first kappa shape index (κ1) is 18.5. The summed E-state index contributed by atoms with van der Waals surface area (Å²) in [6.07, 6.45) is 6.28. The lowest BCUT2D eigenvalue weighted by molar-refractivity contribution is -0.222. The highest BCUT2D eigenvalue weighted by molar-refractivity contribution is 5.89. The van der Waals surface area contributed by atoms with Crippen LogP contribution in [0.3, 0.4) is 0 Å². The van der Waals surface area contributed by atoms with Crippen molar-refractivity contribution in [2.24, 2.45) is 46.8 Å². The molecule has 12 atom stereocenters. The molecule has 7 fully saturated rings. The number of rotatable bonds is 1. The maximum Gasteiger partial charge on any atom is 0.384 e. The zero-order valence-corrected chi connectivity index (χ0v) is 17.9. The highest BCUT2D eigenvalue weighted by Crippen LogP contribution is 2.85. The summed E-state index contributed by atoms with van der Waals surface area (Å²) in [5.41, 5.74) is -1.37. The van der Waals surface area contributed by atoms with E-state index in [1.54, 1.807) is 6.92 Å². The third-order valence-electron chi connectivity index (χ3n) is 10.9. The first-order valence-electron chi connectivity index (χ1n) is 12.1. The van der Waals surface area contributed by atoms with E-state index in [0.717, 1.165) is 32.1 Å². The van der Waals surface area contributed by atoms with Crippen LogP contribution in [-0.4, -0.2) is 45.7 Å². The number of hydrogen-bond donors (Lipinski definition) is 2. The molecular weight excluding hydrogens is 380 g/mol. The van der Waals surface area contributed by atoms with E-state index < -0.39 is 17.2 Å². The molecule has 30 heavy (non-hydrogen) atoms. The minimum Gasteiger partial charge on any atom is -0.456 e. The fourth-order valence-electron chi connectivity index (χ4n) is 9.69. The Labute approximate surface area is 177 Å². The zero-order valence-electron chi connectivity index (χ0n) is 17.9. The van der Waals surface area contributed by atoms with Gasteiger partial charge in [-0.15, -0.1) is 0 Å². The third-order valence-corrected chi connectivity index (χ3v) is 10.9. The van der Waals surface area contributed by atoms with Crippen LogP contribution in [0.4, 0.5) is 0 Å². The molecule has 0 aromatic rings. The van der Waals surface area contributed by atoms with Crippen LogP contribution in [0.2, 0.25) is 0 Å². The minimum atomic E-state index is -0.701. The molecule has 6 saturated carbocycles. The molecule has 1 saturated heterocycles. The molecule has 0 bridgehead atoms. The van der Waals surface area contributed by atoms with Crippen LogP contribution >= 0.6 is 0 Å². The van der Waals surface area contributed by atoms with Crippen molar-refractivity contribution < 1.29 is 24.5 Å². The van der Waals surface area contributed by atoms with Gasteiger partial charge in [-0.05, 0) is 86.4 Å². The lowest BCUT2D eigenvalue weighted by Crippen LogP contribution is -2.64. The molecule has 3 unspecified atom stereocenters. The van der Waals surface area contributed by atoms with Crippen molar-refractivity contribution >= 4 is 5.97 Å². The van der Waals surface area contributed by atoms with Gasteiger partial charge in [0.05, 0.1) is 18.3 Å². The predicted molar refractivity (Wildman–Crippen MR) is 107 cm³/mol. The van der Waals surface area contributed by atoms with E-state index in [9.17, 15) is 15.0 Å². The summed E-state index contributed by atoms with van der Waals surface area (Å²) >= 11 is 0. The van der Waals surface area contributed by atoms with Crippen LogP contribution in [0.15, 0.2) is 0 Å². The van der Waals surface area contributed by atoms with Gasteiger partial charge < -0.3 is 19.7 Å². The van der Waals surface area contributed by atoms with Crippen LogP contribution in [0.1, 0.15) is 58.8 Å². The maximum atomic E-state index is 11.9. The Bertz CT molecular complexity index is 905. The van der Waals surface area contributed by atoms with Crippen molar-refractivity contribution in [3.8, 4) is 11.8 Å². The topological polar surface area (TPSA) is 79.3 Å². The molecule has 7 aliphatic rings. The fraction of sp³-hybridized carbons (Fsp3) is 0.880. The van der Waals surface area contributed by atoms with Crippen LogP contribution in [0, 0.1) is 58.7 Å². The number of carbonyl (C=O) groups is 1. The second kappa shape index (κ2) is 5.27. The summed E-state index contributed by atoms with van der Waals surface area (Å²) in [5, 5.41) is 22.2. The molecule has 5 heteroatoms. The second-order valence-corrected chi connectivity index (χ2v) is 11.7. The van der Waals surface area contributed by atoms with Gasteiger partial charge >= 0.3 is 5.97 Å².